The van der Waals surface area contributed by atoms with Crippen molar-refractivity contribution in [3.8, 4) is 0 Å². The van der Waals surface area contributed by atoms with E-state index in [0.717, 1.165) is 12.8 Å². The average molecular weight is 155 g/mol. The van der Waals surface area contributed by atoms with Crippen molar-refractivity contribution >= 4 is 5.78 Å². The third-order valence-electron chi connectivity index (χ3n) is 1.61. The lowest BCUT2D eigenvalue weighted by atomic mass is 10.2. The second-order valence-electron chi connectivity index (χ2n) is 2.78. The SMILES string of the molecule is CN[C@H](C)CC/C=C/C(C)=O. The minimum absolute atomic E-state index is 0.127. The molecule has 0 aliphatic rings. The van der Waals surface area contributed by atoms with Gasteiger partial charge in [0, 0.05) is 6.04 Å². The minimum atomic E-state index is 0.127. The maximum absolute atomic E-state index is 10.5. The van der Waals surface area contributed by atoms with Crippen molar-refractivity contribution in [2.45, 2.75) is 32.7 Å². The van der Waals surface area contributed by atoms with Gasteiger partial charge in [-0.15, -0.1) is 0 Å². The highest BCUT2D eigenvalue weighted by Crippen LogP contribution is 1.96. The van der Waals surface area contributed by atoms with Gasteiger partial charge in [0.15, 0.2) is 5.78 Å². The Bertz CT molecular complexity index is 140. The molecular weight excluding hydrogens is 138 g/mol. The molecule has 0 radical (unpaired) electrons. The van der Waals surface area contributed by atoms with Crippen molar-refractivity contribution in [1.29, 1.82) is 0 Å². The van der Waals surface area contributed by atoms with Crippen LogP contribution in [0.4, 0.5) is 0 Å². The smallest absolute Gasteiger partial charge is 0.152 e. The summed E-state index contributed by atoms with van der Waals surface area (Å²) >= 11 is 0. The molecule has 2 heteroatoms. The summed E-state index contributed by atoms with van der Waals surface area (Å²) < 4.78 is 0. The second kappa shape index (κ2) is 6.10. The van der Waals surface area contributed by atoms with Crippen molar-refractivity contribution < 1.29 is 4.79 Å². The zero-order valence-electron chi connectivity index (χ0n) is 7.55. The Morgan fingerprint density at radius 2 is 2.27 bits per heavy atom. The van der Waals surface area contributed by atoms with E-state index in [9.17, 15) is 4.79 Å². The third kappa shape index (κ3) is 7.26. The summed E-state index contributed by atoms with van der Waals surface area (Å²) in [5.41, 5.74) is 0. The molecule has 0 amide bonds. The van der Waals surface area contributed by atoms with Crippen LogP contribution in [0.1, 0.15) is 26.7 Å². The molecule has 0 saturated carbocycles. The number of allylic oxidation sites excluding steroid dienone is 2. The predicted molar refractivity (Wildman–Crippen MR) is 47.6 cm³/mol. The number of hydrogen-bond donors (Lipinski definition) is 1. The molecule has 64 valence electrons. The van der Waals surface area contributed by atoms with Gasteiger partial charge in [-0.05, 0) is 39.8 Å². The summed E-state index contributed by atoms with van der Waals surface area (Å²) in [5.74, 6) is 0.127. The van der Waals surface area contributed by atoms with Crippen LogP contribution in [0, 0.1) is 0 Å². The zero-order chi connectivity index (χ0) is 8.69. The highest BCUT2D eigenvalue weighted by atomic mass is 16.1. The molecule has 0 fully saturated rings. The van der Waals surface area contributed by atoms with E-state index in [1.165, 1.54) is 0 Å². The Kier molecular flexibility index (Phi) is 5.75. The number of hydrogen-bond acceptors (Lipinski definition) is 2. The summed E-state index contributed by atoms with van der Waals surface area (Å²) in [4.78, 5) is 10.5. The lowest BCUT2D eigenvalue weighted by molar-refractivity contribution is -0.112. The van der Waals surface area contributed by atoms with Crippen LogP contribution >= 0.6 is 0 Å². The Hall–Kier alpha value is -0.630. The van der Waals surface area contributed by atoms with Gasteiger partial charge in [-0.2, -0.15) is 0 Å². The molecule has 11 heavy (non-hydrogen) atoms. The summed E-state index contributed by atoms with van der Waals surface area (Å²) in [5, 5.41) is 3.13. The highest BCUT2D eigenvalue weighted by molar-refractivity contribution is 5.87. The molecule has 2 nitrogen and oxygen atoms in total. The van der Waals surface area contributed by atoms with Crippen LogP contribution in [0.2, 0.25) is 0 Å². The lowest BCUT2D eigenvalue weighted by Crippen LogP contribution is -2.20. The van der Waals surface area contributed by atoms with Crippen molar-refractivity contribution in [3.63, 3.8) is 0 Å². The van der Waals surface area contributed by atoms with Gasteiger partial charge in [-0.3, -0.25) is 4.79 Å². The van der Waals surface area contributed by atoms with Crippen LogP contribution < -0.4 is 5.32 Å². The average Bonchev–Trinajstić information content (AvgIpc) is 1.97. The molecule has 0 aromatic rings. The van der Waals surface area contributed by atoms with Gasteiger partial charge < -0.3 is 5.32 Å². The van der Waals surface area contributed by atoms with E-state index >= 15 is 0 Å². The van der Waals surface area contributed by atoms with Crippen molar-refractivity contribution in [3.05, 3.63) is 12.2 Å². The molecule has 1 N–H and O–H groups in total. The first kappa shape index (κ1) is 10.4. The maximum Gasteiger partial charge on any atom is 0.152 e. The topological polar surface area (TPSA) is 29.1 Å². The van der Waals surface area contributed by atoms with Crippen LogP contribution in [-0.2, 0) is 4.79 Å². The Balaban J connectivity index is 3.33. The van der Waals surface area contributed by atoms with Crippen molar-refractivity contribution in [2.24, 2.45) is 0 Å². The third-order valence-corrected chi connectivity index (χ3v) is 1.61. The molecule has 0 bridgehead atoms. The van der Waals surface area contributed by atoms with E-state index < -0.39 is 0 Å². The molecule has 0 aliphatic carbocycles. The van der Waals surface area contributed by atoms with Gasteiger partial charge in [0.25, 0.3) is 0 Å². The molecule has 0 saturated heterocycles. The van der Waals surface area contributed by atoms with Crippen LogP contribution in [0.25, 0.3) is 0 Å². The van der Waals surface area contributed by atoms with Crippen molar-refractivity contribution in [1.82, 2.24) is 5.32 Å². The minimum Gasteiger partial charge on any atom is -0.317 e. The Morgan fingerprint density at radius 3 is 2.73 bits per heavy atom. The first-order valence-corrected chi connectivity index (χ1v) is 4.01. The summed E-state index contributed by atoms with van der Waals surface area (Å²) in [6.45, 7) is 3.69. The fourth-order valence-corrected chi connectivity index (χ4v) is 0.740. The van der Waals surface area contributed by atoms with E-state index in [2.05, 4.69) is 12.2 Å². The number of ketones is 1. The fraction of sp³-hybridized carbons (Fsp3) is 0.667. The van der Waals surface area contributed by atoms with Crippen LogP contribution in [0.5, 0.6) is 0 Å². The molecule has 0 aromatic carbocycles. The number of nitrogens with one attached hydrogen (secondary N) is 1. The van der Waals surface area contributed by atoms with Gasteiger partial charge in [-0.25, -0.2) is 0 Å². The standard InChI is InChI=1S/C9H17NO/c1-8(10-3)6-4-5-7-9(2)11/h5,7-8,10H,4,6H2,1-3H3/b7-5+/t8-/m1/s1. The van der Waals surface area contributed by atoms with E-state index in [4.69, 9.17) is 0 Å². The van der Waals surface area contributed by atoms with Gasteiger partial charge >= 0.3 is 0 Å². The van der Waals surface area contributed by atoms with Gasteiger partial charge in [-0.1, -0.05) is 6.08 Å². The summed E-state index contributed by atoms with van der Waals surface area (Å²) in [7, 11) is 1.94. The molecule has 0 aliphatic heterocycles. The highest BCUT2D eigenvalue weighted by Gasteiger charge is 1.93. The van der Waals surface area contributed by atoms with Gasteiger partial charge in [0.1, 0.15) is 0 Å². The number of rotatable bonds is 5. The first-order valence-electron chi connectivity index (χ1n) is 4.01. The number of carbonyl (C=O) groups is 1. The summed E-state index contributed by atoms with van der Waals surface area (Å²) in [6, 6.07) is 0.534. The van der Waals surface area contributed by atoms with Crippen molar-refractivity contribution in [2.75, 3.05) is 7.05 Å². The van der Waals surface area contributed by atoms with E-state index in [0.29, 0.717) is 6.04 Å². The first-order chi connectivity index (χ1) is 5.16. The van der Waals surface area contributed by atoms with Gasteiger partial charge in [0.05, 0.1) is 0 Å². The second-order valence-corrected chi connectivity index (χ2v) is 2.78. The molecule has 0 heterocycles. The van der Waals surface area contributed by atoms with E-state index in [-0.39, 0.29) is 5.78 Å². The molecule has 0 unspecified atom stereocenters. The van der Waals surface area contributed by atoms with Gasteiger partial charge in [0.2, 0.25) is 0 Å². The molecule has 1 atom stereocenters. The Labute approximate surface area is 68.7 Å². The van der Waals surface area contributed by atoms with Crippen LogP contribution in [0.15, 0.2) is 12.2 Å². The van der Waals surface area contributed by atoms with Crippen LogP contribution in [-0.4, -0.2) is 18.9 Å². The monoisotopic (exact) mass is 155 g/mol. The quantitative estimate of drug-likeness (QED) is 0.610. The summed E-state index contributed by atoms with van der Waals surface area (Å²) in [6.07, 6.45) is 5.61. The maximum atomic E-state index is 10.5. The van der Waals surface area contributed by atoms with Crippen LogP contribution in [0.3, 0.4) is 0 Å². The molecule has 0 spiro atoms. The molecule has 0 aromatic heterocycles. The van der Waals surface area contributed by atoms with E-state index in [1.54, 1.807) is 13.0 Å². The predicted octanol–water partition coefficient (Wildman–Crippen LogP) is 1.52. The number of carbonyl (C=O) groups excluding carboxylic acids is 1. The normalized spacial score (nSPS) is 13.7. The molecular formula is C9H17NO. The fourth-order valence-electron chi connectivity index (χ4n) is 0.740. The Morgan fingerprint density at radius 1 is 1.64 bits per heavy atom. The molecule has 0 rings (SSSR count). The van der Waals surface area contributed by atoms with E-state index in [1.807, 2.05) is 13.1 Å². The lowest BCUT2D eigenvalue weighted by Gasteiger charge is -2.06. The largest absolute Gasteiger partial charge is 0.317 e. The zero-order valence-corrected chi connectivity index (χ0v) is 7.55.